The number of hydrogen-bond acceptors (Lipinski definition) is 9. The summed E-state index contributed by atoms with van der Waals surface area (Å²) in [4.78, 5) is 23.9. The SMILES string of the molecule is CC(C)(C)OC(=O)N1CCCC1c1nc(-c2ccc(C3CCC(c4ccc(-c5n[nH]c(C6CCCN6)n5)cc4)N3O)cc2)n[nH]1. The highest BCUT2D eigenvalue weighted by Gasteiger charge is 2.36. The fourth-order valence-electron chi connectivity index (χ4n) is 6.76. The van der Waals surface area contributed by atoms with Gasteiger partial charge in [-0.2, -0.15) is 15.3 Å². The number of rotatable bonds is 6. The van der Waals surface area contributed by atoms with E-state index in [1.165, 1.54) is 5.06 Å². The largest absolute Gasteiger partial charge is 0.444 e. The van der Waals surface area contributed by atoms with E-state index in [4.69, 9.17) is 14.7 Å². The Hall–Kier alpha value is -4.13. The monoisotopic (exact) mass is 611 g/mol. The van der Waals surface area contributed by atoms with Crippen LogP contribution < -0.4 is 5.32 Å². The van der Waals surface area contributed by atoms with Crippen LogP contribution in [0.5, 0.6) is 0 Å². The highest BCUT2D eigenvalue weighted by Crippen LogP contribution is 2.43. The molecule has 2 aromatic heterocycles. The van der Waals surface area contributed by atoms with E-state index in [2.05, 4.69) is 37.8 Å². The van der Waals surface area contributed by atoms with E-state index in [1.54, 1.807) is 4.90 Å². The van der Waals surface area contributed by atoms with Crippen LogP contribution >= 0.6 is 0 Å². The van der Waals surface area contributed by atoms with Gasteiger partial charge in [0.2, 0.25) is 0 Å². The van der Waals surface area contributed by atoms with E-state index in [0.29, 0.717) is 24.0 Å². The average Bonchev–Trinajstić information content (AvgIpc) is 3.86. The van der Waals surface area contributed by atoms with Gasteiger partial charge in [0.25, 0.3) is 0 Å². The molecular formula is C33H41N9O3. The van der Waals surface area contributed by atoms with E-state index < -0.39 is 5.60 Å². The van der Waals surface area contributed by atoms with Crippen LogP contribution in [0.1, 0.15) is 106 Å². The molecule has 4 aromatic rings. The molecule has 12 heteroatoms. The summed E-state index contributed by atoms with van der Waals surface area (Å²) in [6.07, 6.45) is 5.28. The van der Waals surface area contributed by atoms with Gasteiger partial charge in [-0.15, -0.1) is 0 Å². The summed E-state index contributed by atoms with van der Waals surface area (Å²) in [5.74, 6) is 2.83. The molecular weight excluding hydrogens is 570 g/mol. The summed E-state index contributed by atoms with van der Waals surface area (Å²) >= 11 is 0. The average molecular weight is 612 g/mol. The van der Waals surface area contributed by atoms with Crippen molar-refractivity contribution in [2.45, 2.75) is 89.1 Å². The van der Waals surface area contributed by atoms with Gasteiger partial charge in [0.15, 0.2) is 11.6 Å². The normalized spacial score (nSPS) is 24.0. The van der Waals surface area contributed by atoms with Gasteiger partial charge in [-0.25, -0.2) is 14.8 Å². The molecule has 0 aliphatic carbocycles. The Labute approximate surface area is 262 Å². The van der Waals surface area contributed by atoms with Crippen molar-refractivity contribution in [1.82, 2.24) is 45.6 Å². The smallest absolute Gasteiger partial charge is 0.410 e. The topological polar surface area (TPSA) is 148 Å². The Morgan fingerprint density at radius 3 is 1.93 bits per heavy atom. The van der Waals surface area contributed by atoms with Crippen LogP contribution in [0.3, 0.4) is 0 Å². The van der Waals surface area contributed by atoms with Crippen LogP contribution in [0.25, 0.3) is 22.8 Å². The van der Waals surface area contributed by atoms with Crippen LogP contribution in [0.15, 0.2) is 48.5 Å². The first kappa shape index (κ1) is 29.6. The second kappa shape index (κ2) is 12.0. The first-order chi connectivity index (χ1) is 21.7. The predicted molar refractivity (Wildman–Crippen MR) is 167 cm³/mol. The van der Waals surface area contributed by atoms with Crippen molar-refractivity contribution in [1.29, 1.82) is 0 Å². The van der Waals surface area contributed by atoms with Crippen LogP contribution in [-0.4, -0.2) is 70.3 Å². The highest BCUT2D eigenvalue weighted by molar-refractivity contribution is 5.69. The lowest BCUT2D eigenvalue weighted by atomic mass is 10.0. The minimum absolute atomic E-state index is 0.0935. The summed E-state index contributed by atoms with van der Waals surface area (Å²) in [5.41, 5.74) is 3.37. The number of nitrogens with one attached hydrogen (secondary N) is 3. The zero-order chi connectivity index (χ0) is 31.1. The summed E-state index contributed by atoms with van der Waals surface area (Å²) < 4.78 is 5.60. The number of ether oxygens (including phenoxy) is 1. The Balaban J connectivity index is 0.993. The standard InChI is InChI=1S/C33H41N9O3/c1-33(2,3)45-32(43)41-19-5-7-27(41)31-36-29(38-40-31)23-14-10-21(11-15-23)26-17-16-25(42(26)44)20-8-12-22(13-9-20)28-35-30(39-37-28)24-6-4-18-34-24/h8-15,24-27,34,44H,4-7,16-19H2,1-3H3,(H,35,37,39)(H,36,38,40). The molecule has 3 saturated heterocycles. The number of aromatic amines is 2. The molecule has 0 radical (unpaired) electrons. The molecule has 7 rings (SSSR count). The number of benzene rings is 2. The maximum absolute atomic E-state index is 12.8. The molecule has 236 valence electrons. The zero-order valence-corrected chi connectivity index (χ0v) is 26.0. The lowest BCUT2D eigenvalue weighted by Crippen LogP contribution is -2.36. The molecule has 4 unspecified atom stereocenters. The number of aromatic nitrogens is 6. The minimum Gasteiger partial charge on any atom is -0.444 e. The number of nitrogens with zero attached hydrogens (tertiary/aromatic N) is 6. The second-order valence-electron chi connectivity index (χ2n) is 13.3. The van der Waals surface area contributed by atoms with Gasteiger partial charge in [0, 0.05) is 17.7 Å². The Kier molecular flexibility index (Phi) is 7.88. The van der Waals surface area contributed by atoms with Gasteiger partial charge >= 0.3 is 6.09 Å². The van der Waals surface area contributed by atoms with Crippen molar-refractivity contribution < 1.29 is 14.7 Å². The van der Waals surface area contributed by atoms with E-state index in [9.17, 15) is 10.0 Å². The maximum atomic E-state index is 12.8. The van der Waals surface area contributed by atoms with E-state index >= 15 is 0 Å². The number of carbonyl (C=O) groups excluding carboxylic acids is 1. The number of carbonyl (C=O) groups is 1. The quantitative estimate of drug-likeness (QED) is 0.205. The molecule has 12 nitrogen and oxygen atoms in total. The highest BCUT2D eigenvalue weighted by atomic mass is 16.6. The van der Waals surface area contributed by atoms with Crippen LogP contribution in [0, 0.1) is 0 Å². The third-order valence-corrected chi connectivity index (χ3v) is 9.05. The molecule has 3 aliphatic rings. The number of amides is 1. The molecule has 3 aliphatic heterocycles. The Bertz CT molecular complexity index is 1620. The summed E-state index contributed by atoms with van der Waals surface area (Å²) in [6.45, 7) is 7.26. The second-order valence-corrected chi connectivity index (χ2v) is 13.3. The van der Waals surface area contributed by atoms with Gasteiger partial charge in [-0.05, 0) is 77.0 Å². The zero-order valence-electron chi connectivity index (χ0n) is 26.0. The van der Waals surface area contributed by atoms with E-state index in [0.717, 1.165) is 73.1 Å². The maximum Gasteiger partial charge on any atom is 0.410 e. The number of likely N-dealkylation sites (tertiary alicyclic amines) is 1. The van der Waals surface area contributed by atoms with Crippen molar-refractivity contribution in [3.8, 4) is 22.8 Å². The molecule has 4 N–H and O–H groups in total. The molecule has 5 heterocycles. The van der Waals surface area contributed by atoms with Crippen LogP contribution in [0.4, 0.5) is 4.79 Å². The van der Waals surface area contributed by atoms with E-state index in [-0.39, 0.29) is 30.3 Å². The van der Waals surface area contributed by atoms with Gasteiger partial charge in [0.05, 0.1) is 24.2 Å². The van der Waals surface area contributed by atoms with Crippen LogP contribution in [-0.2, 0) is 4.74 Å². The molecule has 0 spiro atoms. The molecule has 4 atom stereocenters. The Morgan fingerprint density at radius 2 is 1.38 bits per heavy atom. The fourth-order valence-corrected chi connectivity index (χ4v) is 6.76. The molecule has 45 heavy (non-hydrogen) atoms. The van der Waals surface area contributed by atoms with Crippen molar-refractivity contribution >= 4 is 6.09 Å². The molecule has 2 aromatic carbocycles. The molecule has 1 amide bonds. The number of hydrogen-bond donors (Lipinski definition) is 4. The molecule has 0 bridgehead atoms. The van der Waals surface area contributed by atoms with Gasteiger partial charge in [-0.1, -0.05) is 48.5 Å². The van der Waals surface area contributed by atoms with Crippen molar-refractivity contribution in [3.05, 3.63) is 71.3 Å². The van der Waals surface area contributed by atoms with Crippen molar-refractivity contribution in [3.63, 3.8) is 0 Å². The minimum atomic E-state index is -0.554. The first-order valence-electron chi connectivity index (χ1n) is 16.0. The van der Waals surface area contributed by atoms with Gasteiger partial charge in [-0.3, -0.25) is 15.1 Å². The predicted octanol–water partition coefficient (Wildman–Crippen LogP) is 6.02. The third-order valence-electron chi connectivity index (χ3n) is 9.05. The first-order valence-corrected chi connectivity index (χ1v) is 16.0. The van der Waals surface area contributed by atoms with Crippen molar-refractivity contribution in [2.75, 3.05) is 13.1 Å². The summed E-state index contributed by atoms with van der Waals surface area (Å²) in [7, 11) is 0. The Morgan fingerprint density at radius 1 is 0.800 bits per heavy atom. The number of H-pyrrole nitrogens is 2. The summed E-state index contributed by atoms with van der Waals surface area (Å²) in [6, 6.07) is 16.1. The molecule has 3 fully saturated rings. The number of hydroxylamine groups is 2. The molecule has 0 saturated carbocycles. The van der Waals surface area contributed by atoms with Gasteiger partial charge < -0.3 is 15.3 Å². The van der Waals surface area contributed by atoms with Crippen LogP contribution in [0.2, 0.25) is 0 Å². The third kappa shape index (κ3) is 6.09. The fraction of sp³-hybridized carbons (Fsp3) is 0.485. The van der Waals surface area contributed by atoms with Gasteiger partial charge in [0.1, 0.15) is 17.2 Å². The van der Waals surface area contributed by atoms with Crippen molar-refractivity contribution in [2.24, 2.45) is 0 Å². The summed E-state index contributed by atoms with van der Waals surface area (Å²) in [5, 5.41) is 31.2. The lowest BCUT2D eigenvalue weighted by Gasteiger charge is -2.27. The van der Waals surface area contributed by atoms with E-state index in [1.807, 2.05) is 57.2 Å². The lowest BCUT2D eigenvalue weighted by molar-refractivity contribution is -0.137.